The molecule has 5 nitrogen and oxygen atoms in total. The van der Waals surface area contributed by atoms with Gasteiger partial charge in [0.15, 0.2) is 5.60 Å². The van der Waals surface area contributed by atoms with E-state index in [1.54, 1.807) is 0 Å². The molecule has 3 heterocycles. The standard InChI is InChI=1S/C13H17N3O2/c1-16-8-5-13(6-9-16)11-10(15-12(17)18-13)4-2-3-7-14-11/h2,4,7H,3,5-6,8-9H2,1H3,(H,15,17). The largest absolute Gasteiger partial charge is 0.436 e. The topological polar surface area (TPSA) is 53.9 Å². The molecule has 96 valence electrons. The molecule has 5 heteroatoms. The van der Waals surface area contributed by atoms with Crippen molar-refractivity contribution in [3.8, 4) is 0 Å². The van der Waals surface area contributed by atoms with E-state index >= 15 is 0 Å². The van der Waals surface area contributed by atoms with E-state index in [-0.39, 0.29) is 6.09 Å². The fourth-order valence-corrected chi connectivity index (χ4v) is 2.68. The average Bonchev–Trinajstić information content (AvgIpc) is 2.58. The molecule has 0 saturated carbocycles. The minimum atomic E-state index is -0.532. The smallest absolute Gasteiger partial charge is 0.412 e. The van der Waals surface area contributed by atoms with Gasteiger partial charge >= 0.3 is 6.09 Å². The summed E-state index contributed by atoms with van der Waals surface area (Å²) in [7, 11) is 2.08. The molecule has 1 fully saturated rings. The predicted octanol–water partition coefficient (Wildman–Crippen LogP) is 1.43. The van der Waals surface area contributed by atoms with Gasteiger partial charge in [-0.3, -0.25) is 10.3 Å². The summed E-state index contributed by atoms with van der Waals surface area (Å²) in [5, 5.41) is 2.75. The lowest BCUT2D eigenvalue weighted by Crippen LogP contribution is -2.52. The first-order valence-electron chi connectivity index (χ1n) is 6.32. The minimum Gasteiger partial charge on any atom is -0.436 e. The maximum Gasteiger partial charge on any atom is 0.412 e. The Balaban J connectivity index is 2.01. The number of ether oxygens (including phenoxy) is 1. The Morgan fingerprint density at radius 2 is 2.22 bits per heavy atom. The molecule has 0 aromatic carbocycles. The fourth-order valence-electron chi connectivity index (χ4n) is 2.68. The Morgan fingerprint density at radius 1 is 1.44 bits per heavy atom. The number of hydrogen-bond acceptors (Lipinski definition) is 4. The van der Waals surface area contributed by atoms with E-state index < -0.39 is 5.60 Å². The molecule has 1 N–H and O–H groups in total. The van der Waals surface area contributed by atoms with Gasteiger partial charge < -0.3 is 9.64 Å². The molecule has 0 unspecified atom stereocenters. The van der Waals surface area contributed by atoms with E-state index in [1.807, 2.05) is 18.4 Å². The highest BCUT2D eigenvalue weighted by Crippen LogP contribution is 2.38. The van der Waals surface area contributed by atoms with E-state index in [1.165, 1.54) is 0 Å². The number of nitrogens with one attached hydrogen (secondary N) is 1. The van der Waals surface area contributed by atoms with Crippen molar-refractivity contribution in [1.29, 1.82) is 0 Å². The molecule has 3 rings (SSSR count). The Labute approximate surface area is 106 Å². The third kappa shape index (κ3) is 1.84. The number of rotatable bonds is 0. The molecule has 0 atom stereocenters. The maximum absolute atomic E-state index is 11.7. The number of amides is 1. The Hall–Kier alpha value is -1.62. The van der Waals surface area contributed by atoms with E-state index in [2.05, 4.69) is 22.3 Å². The molecule has 1 spiro atoms. The van der Waals surface area contributed by atoms with Crippen LogP contribution in [0.3, 0.4) is 0 Å². The van der Waals surface area contributed by atoms with Crippen molar-refractivity contribution in [2.24, 2.45) is 4.99 Å². The van der Waals surface area contributed by atoms with Crippen LogP contribution in [0.5, 0.6) is 0 Å². The van der Waals surface area contributed by atoms with Gasteiger partial charge in [0.1, 0.15) is 5.70 Å². The summed E-state index contributed by atoms with van der Waals surface area (Å²) >= 11 is 0. The van der Waals surface area contributed by atoms with Crippen molar-refractivity contribution in [3.05, 3.63) is 23.5 Å². The minimum absolute atomic E-state index is 0.361. The lowest BCUT2D eigenvalue weighted by Gasteiger charge is -2.42. The normalized spacial score (nSPS) is 26.6. The first-order chi connectivity index (χ1) is 8.70. The number of carbonyl (C=O) groups is 1. The van der Waals surface area contributed by atoms with Crippen molar-refractivity contribution in [3.63, 3.8) is 0 Å². The molecule has 1 saturated heterocycles. The summed E-state index contributed by atoms with van der Waals surface area (Å²) in [6.07, 6.45) is 7.85. The number of hydrogen-bond donors (Lipinski definition) is 1. The lowest BCUT2D eigenvalue weighted by atomic mass is 9.86. The number of nitrogens with zero attached hydrogens (tertiary/aromatic N) is 2. The molecule has 3 aliphatic rings. The molecule has 18 heavy (non-hydrogen) atoms. The van der Waals surface area contributed by atoms with Gasteiger partial charge in [-0.1, -0.05) is 6.08 Å². The number of carbonyl (C=O) groups excluding carboxylic acids is 1. The zero-order chi connectivity index (χ0) is 12.6. The Kier molecular flexibility index (Phi) is 2.70. The monoisotopic (exact) mass is 247 g/mol. The number of aliphatic imine (C=N–C) groups is 1. The summed E-state index contributed by atoms with van der Waals surface area (Å²) < 4.78 is 5.61. The maximum atomic E-state index is 11.7. The van der Waals surface area contributed by atoms with Crippen molar-refractivity contribution in [2.75, 3.05) is 20.1 Å². The molecule has 0 bridgehead atoms. The van der Waals surface area contributed by atoms with Crippen molar-refractivity contribution < 1.29 is 9.53 Å². The van der Waals surface area contributed by atoms with Crippen LogP contribution in [0.15, 0.2) is 28.5 Å². The van der Waals surface area contributed by atoms with Crippen LogP contribution in [0.4, 0.5) is 4.79 Å². The van der Waals surface area contributed by atoms with Crippen molar-refractivity contribution >= 4 is 12.3 Å². The van der Waals surface area contributed by atoms with Gasteiger partial charge in [-0.15, -0.1) is 0 Å². The molecule has 0 radical (unpaired) electrons. The summed E-state index contributed by atoms with van der Waals surface area (Å²) in [4.78, 5) is 18.5. The predicted molar refractivity (Wildman–Crippen MR) is 68.4 cm³/mol. The number of likely N-dealkylation sites (tertiary alicyclic amines) is 1. The third-order valence-corrected chi connectivity index (χ3v) is 3.75. The summed E-state index contributed by atoms with van der Waals surface area (Å²) in [5.74, 6) is 0. The summed E-state index contributed by atoms with van der Waals surface area (Å²) in [5.41, 5.74) is 1.14. The second-order valence-corrected chi connectivity index (χ2v) is 5.02. The van der Waals surface area contributed by atoms with Crippen LogP contribution in [-0.2, 0) is 4.74 Å². The summed E-state index contributed by atoms with van der Waals surface area (Å²) in [6, 6.07) is 0. The van der Waals surface area contributed by atoms with Gasteiger partial charge in [0.25, 0.3) is 0 Å². The molecule has 1 amide bonds. The summed E-state index contributed by atoms with van der Waals surface area (Å²) in [6.45, 7) is 1.84. The van der Waals surface area contributed by atoms with Gasteiger partial charge in [-0.2, -0.15) is 0 Å². The van der Waals surface area contributed by atoms with Crippen molar-refractivity contribution in [1.82, 2.24) is 10.2 Å². The fraction of sp³-hybridized carbons (Fsp3) is 0.538. The van der Waals surface area contributed by atoms with Gasteiger partial charge in [0, 0.05) is 38.6 Å². The number of allylic oxidation sites excluding steroid dienone is 2. The average molecular weight is 247 g/mol. The van der Waals surface area contributed by atoms with Gasteiger partial charge in [0.2, 0.25) is 0 Å². The van der Waals surface area contributed by atoms with Crippen molar-refractivity contribution in [2.45, 2.75) is 24.9 Å². The van der Waals surface area contributed by atoms with E-state index in [0.717, 1.165) is 43.7 Å². The Morgan fingerprint density at radius 3 is 3.00 bits per heavy atom. The quantitative estimate of drug-likeness (QED) is 0.704. The Bertz CT molecular complexity index is 457. The number of piperidine rings is 1. The van der Waals surface area contributed by atoms with Crippen LogP contribution in [0.1, 0.15) is 19.3 Å². The molecule has 0 aromatic rings. The van der Waals surface area contributed by atoms with E-state index in [9.17, 15) is 4.79 Å². The third-order valence-electron chi connectivity index (χ3n) is 3.75. The molecule has 3 aliphatic heterocycles. The lowest BCUT2D eigenvalue weighted by molar-refractivity contribution is -0.0115. The van der Waals surface area contributed by atoms with Crippen LogP contribution >= 0.6 is 0 Å². The molecular weight excluding hydrogens is 230 g/mol. The highest BCUT2D eigenvalue weighted by molar-refractivity contribution is 5.75. The van der Waals surface area contributed by atoms with Crippen LogP contribution in [0.2, 0.25) is 0 Å². The van der Waals surface area contributed by atoms with E-state index in [4.69, 9.17) is 4.74 Å². The SMILES string of the molecule is CN1CCC2(CC1)OC(=O)NC1=C2N=CCC=C1. The van der Waals surface area contributed by atoms with Crippen LogP contribution in [-0.4, -0.2) is 42.9 Å². The molecule has 0 aliphatic carbocycles. The van der Waals surface area contributed by atoms with E-state index in [0.29, 0.717) is 0 Å². The first-order valence-corrected chi connectivity index (χ1v) is 6.32. The zero-order valence-corrected chi connectivity index (χ0v) is 10.5. The highest BCUT2D eigenvalue weighted by Gasteiger charge is 2.45. The van der Waals surface area contributed by atoms with Crippen LogP contribution in [0, 0.1) is 0 Å². The zero-order valence-electron chi connectivity index (χ0n) is 10.5. The van der Waals surface area contributed by atoms with Gasteiger partial charge in [-0.05, 0) is 13.1 Å². The van der Waals surface area contributed by atoms with Gasteiger partial charge in [0.05, 0.1) is 5.70 Å². The molecule has 0 aromatic heterocycles. The highest BCUT2D eigenvalue weighted by atomic mass is 16.6. The van der Waals surface area contributed by atoms with Crippen LogP contribution in [0.25, 0.3) is 0 Å². The second-order valence-electron chi connectivity index (χ2n) is 5.02. The van der Waals surface area contributed by atoms with Gasteiger partial charge in [-0.25, -0.2) is 4.79 Å². The van der Waals surface area contributed by atoms with Crippen LogP contribution < -0.4 is 5.32 Å². The first kappa shape index (κ1) is 11.5. The second kappa shape index (κ2) is 4.24. The number of fused-ring (bicyclic) bond motifs is 1. The molecular formula is C13H17N3O2. The number of alkyl carbamates (subject to hydrolysis) is 1.